The van der Waals surface area contributed by atoms with E-state index in [1.54, 1.807) is 6.07 Å². The van der Waals surface area contributed by atoms with Gasteiger partial charge < -0.3 is 10.3 Å². The number of H-pyrrole nitrogens is 1. The first-order valence-corrected chi connectivity index (χ1v) is 6.15. The molecule has 0 bridgehead atoms. The Balaban J connectivity index is 2.22. The zero-order valence-corrected chi connectivity index (χ0v) is 10.3. The molecule has 92 valence electrons. The lowest BCUT2D eigenvalue weighted by atomic mass is 9.93. The lowest BCUT2D eigenvalue weighted by Gasteiger charge is -2.26. The number of amides is 1. The van der Waals surface area contributed by atoms with Gasteiger partial charge in [0.2, 0.25) is 0 Å². The Morgan fingerprint density at radius 1 is 1.53 bits per heavy atom. The molecule has 0 unspecified atom stereocenters. The number of aromatic nitrogens is 1. The van der Waals surface area contributed by atoms with Crippen molar-refractivity contribution in [2.45, 2.75) is 45.6 Å². The molecule has 4 nitrogen and oxygen atoms in total. The standard InChI is InChI=1S/C13H18N2O2/c1-3-11-8(2)7-10(13(17)15-11)12(16)14-9-5-4-6-9/h7,9H,3-6H2,1-2H3,(H,14,16)(H,15,17). The number of aromatic amines is 1. The fourth-order valence-electron chi connectivity index (χ4n) is 2.02. The van der Waals surface area contributed by atoms with Crippen molar-refractivity contribution in [1.82, 2.24) is 10.3 Å². The van der Waals surface area contributed by atoms with Crippen LogP contribution in [0, 0.1) is 6.92 Å². The molecule has 0 radical (unpaired) electrons. The van der Waals surface area contributed by atoms with E-state index in [-0.39, 0.29) is 23.1 Å². The van der Waals surface area contributed by atoms with Crippen LogP contribution in [0.2, 0.25) is 0 Å². The van der Waals surface area contributed by atoms with Crippen molar-refractivity contribution in [3.63, 3.8) is 0 Å². The van der Waals surface area contributed by atoms with Crippen LogP contribution in [-0.4, -0.2) is 16.9 Å². The number of hydrogen-bond acceptors (Lipinski definition) is 2. The predicted molar refractivity (Wildman–Crippen MR) is 66.3 cm³/mol. The molecule has 1 aliphatic rings. The zero-order chi connectivity index (χ0) is 12.4. The highest BCUT2D eigenvalue weighted by Crippen LogP contribution is 2.18. The van der Waals surface area contributed by atoms with Gasteiger partial charge in [0.05, 0.1) is 0 Å². The molecule has 4 heteroatoms. The highest BCUT2D eigenvalue weighted by Gasteiger charge is 2.21. The normalized spacial score (nSPS) is 15.4. The minimum Gasteiger partial charge on any atom is -0.349 e. The summed E-state index contributed by atoms with van der Waals surface area (Å²) in [5.41, 5.74) is 1.80. The van der Waals surface area contributed by atoms with Crippen LogP contribution in [-0.2, 0) is 6.42 Å². The SMILES string of the molecule is CCc1[nH]c(=O)c(C(=O)NC2CCC2)cc1C. The van der Waals surface area contributed by atoms with Gasteiger partial charge in [0.15, 0.2) is 0 Å². The van der Waals surface area contributed by atoms with E-state index in [0.29, 0.717) is 0 Å². The maximum atomic E-state index is 11.9. The number of hydrogen-bond donors (Lipinski definition) is 2. The van der Waals surface area contributed by atoms with E-state index in [2.05, 4.69) is 10.3 Å². The van der Waals surface area contributed by atoms with Crippen molar-refractivity contribution >= 4 is 5.91 Å². The van der Waals surface area contributed by atoms with Crippen LogP contribution >= 0.6 is 0 Å². The number of carbonyl (C=O) groups excluding carboxylic acids is 1. The third-order valence-corrected chi connectivity index (χ3v) is 3.38. The molecule has 2 rings (SSSR count). The molecule has 1 fully saturated rings. The first kappa shape index (κ1) is 11.9. The molecule has 1 amide bonds. The third kappa shape index (κ3) is 2.40. The summed E-state index contributed by atoms with van der Waals surface area (Å²) in [6.07, 6.45) is 3.98. The topological polar surface area (TPSA) is 62.0 Å². The predicted octanol–water partition coefficient (Wildman–Crippen LogP) is 1.53. The van der Waals surface area contributed by atoms with Crippen molar-refractivity contribution in [2.24, 2.45) is 0 Å². The van der Waals surface area contributed by atoms with Gasteiger partial charge in [-0.15, -0.1) is 0 Å². The molecule has 2 N–H and O–H groups in total. The minimum atomic E-state index is -0.288. The van der Waals surface area contributed by atoms with E-state index in [1.807, 2.05) is 13.8 Å². The van der Waals surface area contributed by atoms with Crippen molar-refractivity contribution < 1.29 is 4.79 Å². The molecule has 0 aliphatic heterocycles. The Labute approximate surface area is 100 Å². The van der Waals surface area contributed by atoms with E-state index in [1.165, 1.54) is 0 Å². The number of nitrogens with one attached hydrogen (secondary N) is 2. The fourth-order valence-corrected chi connectivity index (χ4v) is 2.02. The van der Waals surface area contributed by atoms with Crippen LogP contribution in [0.1, 0.15) is 47.8 Å². The molecule has 1 aromatic rings. The first-order chi connectivity index (χ1) is 8.11. The van der Waals surface area contributed by atoms with Crippen LogP contribution in [0.4, 0.5) is 0 Å². The Morgan fingerprint density at radius 3 is 2.76 bits per heavy atom. The van der Waals surface area contributed by atoms with E-state index < -0.39 is 0 Å². The van der Waals surface area contributed by atoms with Crippen LogP contribution in [0.15, 0.2) is 10.9 Å². The molecule has 0 saturated heterocycles. The smallest absolute Gasteiger partial charge is 0.261 e. The second kappa shape index (κ2) is 4.73. The number of rotatable bonds is 3. The Hall–Kier alpha value is -1.58. The van der Waals surface area contributed by atoms with Gasteiger partial charge in [0, 0.05) is 11.7 Å². The molecular weight excluding hydrogens is 216 g/mol. The Morgan fingerprint density at radius 2 is 2.24 bits per heavy atom. The summed E-state index contributed by atoms with van der Waals surface area (Å²) in [5, 5.41) is 2.88. The quantitative estimate of drug-likeness (QED) is 0.833. The van der Waals surface area contributed by atoms with E-state index in [4.69, 9.17) is 0 Å². The average Bonchev–Trinajstić information content (AvgIpc) is 2.25. The molecule has 0 atom stereocenters. The minimum absolute atomic E-state index is 0.228. The third-order valence-electron chi connectivity index (χ3n) is 3.38. The summed E-state index contributed by atoms with van der Waals surface area (Å²) in [6, 6.07) is 1.94. The van der Waals surface area contributed by atoms with Crippen LogP contribution < -0.4 is 10.9 Å². The zero-order valence-electron chi connectivity index (χ0n) is 10.3. The van der Waals surface area contributed by atoms with Gasteiger partial charge in [-0.2, -0.15) is 0 Å². The monoisotopic (exact) mass is 234 g/mol. The summed E-state index contributed by atoms with van der Waals surface area (Å²) in [6.45, 7) is 3.89. The van der Waals surface area contributed by atoms with Crippen molar-refractivity contribution in [1.29, 1.82) is 0 Å². The van der Waals surface area contributed by atoms with Crippen LogP contribution in [0.5, 0.6) is 0 Å². The number of aryl methyl sites for hydroxylation is 2. The molecule has 17 heavy (non-hydrogen) atoms. The molecule has 1 aromatic heterocycles. The molecular formula is C13H18N2O2. The van der Waals surface area contributed by atoms with Crippen molar-refractivity contribution in [3.05, 3.63) is 33.2 Å². The maximum absolute atomic E-state index is 11.9. The van der Waals surface area contributed by atoms with Crippen molar-refractivity contribution in [2.75, 3.05) is 0 Å². The summed E-state index contributed by atoms with van der Waals surface area (Å²) in [5.74, 6) is -0.248. The summed E-state index contributed by atoms with van der Waals surface area (Å²) < 4.78 is 0. The summed E-state index contributed by atoms with van der Waals surface area (Å²) in [7, 11) is 0. The number of pyridine rings is 1. The molecule has 1 aliphatic carbocycles. The van der Waals surface area contributed by atoms with Gasteiger partial charge >= 0.3 is 0 Å². The Kier molecular flexibility index (Phi) is 3.31. The van der Waals surface area contributed by atoms with Crippen molar-refractivity contribution in [3.8, 4) is 0 Å². The van der Waals surface area contributed by atoms with Gasteiger partial charge in [-0.3, -0.25) is 9.59 Å². The van der Waals surface area contributed by atoms with E-state index in [0.717, 1.165) is 36.9 Å². The summed E-state index contributed by atoms with van der Waals surface area (Å²) in [4.78, 5) is 26.4. The van der Waals surface area contributed by atoms with Gasteiger partial charge in [0.25, 0.3) is 11.5 Å². The maximum Gasteiger partial charge on any atom is 0.261 e. The van der Waals surface area contributed by atoms with Gasteiger partial charge in [-0.1, -0.05) is 6.92 Å². The lowest BCUT2D eigenvalue weighted by molar-refractivity contribution is 0.0915. The Bertz CT molecular complexity index is 487. The second-order valence-electron chi connectivity index (χ2n) is 4.63. The highest BCUT2D eigenvalue weighted by atomic mass is 16.2. The van der Waals surface area contributed by atoms with Gasteiger partial charge in [-0.05, 0) is 44.2 Å². The van der Waals surface area contributed by atoms with E-state index in [9.17, 15) is 9.59 Å². The molecule has 1 saturated carbocycles. The van der Waals surface area contributed by atoms with Crippen LogP contribution in [0.25, 0.3) is 0 Å². The number of carbonyl (C=O) groups is 1. The van der Waals surface area contributed by atoms with E-state index >= 15 is 0 Å². The van der Waals surface area contributed by atoms with Crippen LogP contribution in [0.3, 0.4) is 0 Å². The first-order valence-electron chi connectivity index (χ1n) is 6.15. The van der Waals surface area contributed by atoms with Gasteiger partial charge in [0.1, 0.15) is 5.56 Å². The lowest BCUT2D eigenvalue weighted by Crippen LogP contribution is -2.41. The highest BCUT2D eigenvalue weighted by molar-refractivity contribution is 5.94. The second-order valence-corrected chi connectivity index (χ2v) is 4.63. The molecule has 1 heterocycles. The molecule has 0 spiro atoms. The molecule has 0 aromatic carbocycles. The largest absolute Gasteiger partial charge is 0.349 e. The summed E-state index contributed by atoms with van der Waals surface area (Å²) >= 11 is 0. The fraction of sp³-hybridized carbons (Fsp3) is 0.538. The van der Waals surface area contributed by atoms with Gasteiger partial charge in [-0.25, -0.2) is 0 Å². The average molecular weight is 234 g/mol.